The van der Waals surface area contributed by atoms with Crippen LogP contribution in [0.3, 0.4) is 0 Å². The van der Waals surface area contributed by atoms with Gasteiger partial charge in [0, 0.05) is 25.3 Å². The van der Waals surface area contributed by atoms with Crippen molar-refractivity contribution in [3.8, 4) is 0 Å². The minimum absolute atomic E-state index is 0.875. The zero-order chi connectivity index (χ0) is 12.1. The van der Waals surface area contributed by atoms with E-state index >= 15 is 0 Å². The van der Waals surface area contributed by atoms with Crippen LogP contribution in [0.2, 0.25) is 0 Å². The summed E-state index contributed by atoms with van der Waals surface area (Å²) in [6.07, 6.45) is 4.48. The monoisotopic (exact) mass is 236 g/mol. The molecule has 1 saturated heterocycles. The highest BCUT2D eigenvalue weighted by Crippen LogP contribution is 2.15. The van der Waals surface area contributed by atoms with Gasteiger partial charge in [-0.25, -0.2) is 4.98 Å². The van der Waals surface area contributed by atoms with Crippen LogP contribution in [0.1, 0.15) is 31.2 Å². The lowest BCUT2D eigenvalue weighted by molar-refractivity contribution is 0.193. The number of likely N-dealkylation sites (tertiary alicyclic amines) is 1. The fourth-order valence-corrected chi connectivity index (χ4v) is 2.30. The van der Waals surface area contributed by atoms with E-state index in [1.54, 1.807) is 6.33 Å². The third-order valence-electron chi connectivity index (χ3n) is 3.71. The smallest absolute Gasteiger partial charge is 0.0925 e. The van der Waals surface area contributed by atoms with Crippen LogP contribution in [0.25, 0.3) is 0 Å². The fraction of sp³-hybridized carbons (Fsp3) is 0.769. The molecule has 0 saturated carbocycles. The van der Waals surface area contributed by atoms with Crippen LogP contribution in [0, 0.1) is 12.8 Å². The Hall–Kier alpha value is -0.870. The summed E-state index contributed by atoms with van der Waals surface area (Å²) in [6.45, 7) is 10.1. The minimum atomic E-state index is 0.875. The number of hydrogen-bond acceptors (Lipinski definition) is 3. The van der Waals surface area contributed by atoms with Crippen molar-refractivity contribution >= 4 is 0 Å². The quantitative estimate of drug-likeness (QED) is 0.762. The number of imidazole rings is 1. The Balaban J connectivity index is 1.59. The summed E-state index contributed by atoms with van der Waals surface area (Å²) in [4.78, 5) is 9.94. The average Bonchev–Trinajstić information content (AvgIpc) is 2.73. The van der Waals surface area contributed by atoms with Gasteiger partial charge >= 0.3 is 0 Å². The van der Waals surface area contributed by atoms with Crippen molar-refractivity contribution in [2.24, 2.45) is 5.92 Å². The van der Waals surface area contributed by atoms with E-state index in [4.69, 9.17) is 0 Å². The van der Waals surface area contributed by atoms with E-state index in [0.29, 0.717) is 0 Å². The summed E-state index contributed by atoms with van der Waals surface area (Å²) in [5.74, 6) is 0.922. The highest BCUT2D eigenvalue weighted by molar-refractivity contribution is 5.07. The topological polar surface area (TPSA) is 44.0 Å². The second-order valence-electron chi connectivity index (χ2n) is 5.18. The van der Waals surface area contributed by atoms with Crippen LogP contribution >= 0.6 is 0 Å². The van der Waals surface area contributed by atoms with Crippen molar-refractivity contribution in [1.82, 2.24) is 20.2 Å². The standard InChI is InChI=1S/C13H24N4/c1-11-3-6-17(7-4-11)8-5-14-9-13-12(2)15-10-16-13/h10-11,14H,3-9H2,1-2H3,(H,15,16). The molecular weight excluding hydrogens is 212 g/mol. The first-order chi connectivity index (χ1) is 8.25. The van der Waals surface area contributed by atoms with Crippen LogP contribution in [0.5, 0.6) is 0 Å². The predicted octanol–water partition coefficient (Wildman–Crippen LogP) is 1.54. The first-order valence-electron chi connectivity index (χ1n) is 6.67. The summed E-state index contributed by atoms with van der Waals surface area (Å²) < 4.78 is 0. The van der Waals surface area contributed by atoms with Gasteiger partial charge in [-0.2, -0.15) is 0 Å². The Bertz CT molecular complexity index is 326. The van der Waals surface area contributed by atoms with E-state index in [1.807, 2.05) is 0 Å². The van der Waals surface area contributed by atoms with Gasteiger partial charge in [0.05, 0.1) is 12.0 Å². The van der Waals surface area contributed by atoms with Gasteiger partial charge in [0.1, 0.15) is 0 Å². The van der Waals surface area contributed by atoms with Crippen molar-refractivity contribution in [2.75, 3.05) is 26.2 Å². The molecule has 0 amide bonds. The molecule has 0 aromatic carbocycles. The molecule has 96 valence electrons. The Morgan fingerprint density at radius 3 is 2.88 bits per heavy atom. The maximum atomic E-state index is 4.28. The lowest BCUT2D eigenvalue weighted by Gasteiger charge is -2.30. The van der Waals surface area contributed by atoms with E-state index in [-0.39, 0.29) is 0 Å². The number of nitrogens with one attached hydrogen (secondary N) is 2. The van der Waals surface area contributed by atoms with Crippen molar-refractivity contribution in [3.05, 3.63) is 17.7 Å². The second-order valence-corrected chi connectivity index (χ2v) is 5.18. The Morgan fingerprint density at radius 1 is 1.47 bits per heavy atom. The fourth-order valence-electron chi connectivity index (χ4n) is 2.30. The van der Waals surface area contributed by atoms with E-state index in [1.165, 1.54) is 31.6 Å². The average molecular weight is 236 g/mol. The number of nitrogens with zero attached hydrogens (tertiary/aromatic N) is 2. The molecule has 1 fully saturated rings. The SMILES string of the molecule is Cc1[nH]cnc1CNCCN1CCC(C)CC1. The third kappa shape index (κ3) is 3.82. The van der Waals surface area contributed by atoms with Gasteiger partial charge in [-0.05, 0) is 38.8 Å². The molecule has 2 heterocycles. The van der Waals surface area contributed by atoms with Crippen LogP contribution in [-0.2, 0) is 6.54 Å². The molecule has 0 aliphatic carbocycles. The highest BCUT2D eigenvalue weighted by atomic mass is 15.1. The van der Waals surface area contributed by atoms with E-state index in [0.717, 1.165) is 31.2 Å². The highest BCUT2D eigenvalue weighted by Gasteiger charge is 2.14. The Kier molecular flexibility index (Phi) is 4.57. The molecule has 1 aromatic rings. The Morgan fingerprint density at radius 2 is 2.24 bits per heavy atom. The van der Waals surface area contributed by atoms with Gasteiger partial charge in [0.25, 0.3) is 0 Å². The summed E-state index contributed by atoms with van der Waals surface area (Å²) in [5, 5.41) is 3.46. The molecular formula is C13H24N4. The zero-order valence-electron chi connectivity index (χ0n) is 11.0. The molecule has 1 aliphatic heterocycles. The molecule has 4 heteroatoms. The lowest BCUT2D eigenvalue weighted by atomic mass is 9.99. The molecule has 1 aromatic heterocycles. The summed E-state index contributed by atoms with van der Waals surface area (Å²) >= 11 is 0. The second kappa shape index (κ2) is 6.17. The number of piperidine rings is 1. The molecule has 17 heavy (non-hydrogen) atoms. The number of aryl methyl sites for hydroxylation is 1. The largest absolute Gasteiger partial charge is 0.348 e. The maximum absolute atomic E-state index is 4.28. The number of H-pyrrole nitrogens is 1. The van der Waals surface area contributed by atoms with Crippen molar-refractivity contribution in [1.29, 1.82) is 0 Å². The first-order valence-corrected chi connectivity index (χ1v) is 6.67. The minimum Gasteiger partial charge on any atom is -0.348 e. The van der Waals surface area contributed by atoms with E-state index < -0.39 is 0 Å². The van der Waals surface area contributed by atoms with Crippen LogP contribution in [0.15, 0.2) is 6.33 Å². The third-order valence-corrected chi connectivity index (χ3v) is 3.71. The van der Waals surface area contributed by atoms with Crippen molar-refractivity contribution in [2.45, 2.75) is 33.2 Å². The van der Waals surface area contributed by atoms with Crippen molar-refractivity contribution in [3.63, 3.8) is 0 Å². The number of rotatable bonds is 5. The first kappa shape index (κ1) is 12.6. The predicted molar refractivity (Wildman–Crippen MR) is 69.9 cm³/mol. The summed E-state index contributed by atoms with van der Waals surface area (Å²) in [6, 6.07) is 0. The number of aromatic nitrogens is 2. The molecule has 1 aliphatic rings. The molecule has 0 unspecified atom stereocenters. The van der Waals surface area contributed by atoms with Crippen LogP contribution in [0.4, 0.5) is 0 Å². The van der Waals surface area contributed by atoms with Gasteiger partial charge in [-0.15, -0.1) is 0 Å². The molecule has 0 atom stereocenters. The van der Waals surface area contributed by atoms with Gasteiger partial charge < -0.3 is 15.2 Å². The number of aromatic amines is 1. The molecule has 0 spiro atoms. The molecule has 4 nitrogen and oxygen atoms in total. The van der Waals surface area contributed by atoms with E-state index in [2.05, 4.69) is 34.0 Å². The zero-order valence-corrected chi connectivity index (χ0v) is 11.0. The summed E-state index contributed by atoms with van der Waals surface area (Å²) in [7, 11) is 0. The van der Waals surface area contributed by atoms with Gasteiger partial charge in [-0.3, -0.25) is 0 Å². The van der Waals surface area contributed by atoms with Crippen LogP contribution in [-0.4, -0.2) is 41.0 Å². The molecule has 0 radical (unpaired) electrons. The van der Waals surface area contributed by atoms with E-state index in [9.17, 15) is 0 Å². The van der Waals surface area contributed by atoms with Gasteiger partial charge in [0.15, 0.2) is 0 Å². The molecule has 2 rings (SSSR count). The van der Waals surface area contributed by atoms with Crippen molar-refractivity contribution < 1.29 is 0 Å². The van der Waals surface area contributed by atoms with Gasteiger partial charge in [0.2, 0.25) is 0 Å². The molecule has 0 bridgehead atoms. The van der Waals surface area contributed by atoms with Gasteiger partial charge in [-0.1, -0.05) is 6.92 Å². The normalized spacial score (nSPS) is 18.7. The maximum Gasteiger partial charge on any atom is 0.0925 e. The summed E-state index contributed by atoms with van der Waals surface area (Å²) in [5.41, 5.74) is 2.31. The number of hydrogen-bond donors (Lipinski definition) is 2. The van der Waals surface area contributed by atoms with Crippen LogP contribution < -0.4 is 5.32 Å². The Labute approximate surface area is 104 Å². The lowest BCUT2D eigenvalue weighted by Crippen LogP contribution is -2.37. The molecule has 2 N–H and O–H groups in total.